The third-order valence-corrected chi connectivity index (χ3v) is 3.20. The highest BCUT2D eigenvalue weighted by Gasteiger charge is 2.69. The van der Waals surface area contributed by atoms with Crippen molar-refractivity contribution >= 4 is 11.6 Å². The molecular formula is C6F2N12O12. The van der Waals surface area contributed by atoms with Gasteiger partial charge in [0.2, 0.25) is 11.4 Å². The first-order valence-electron chi connectivity index (χ1n) is 6.80. The third-order valence-electron chi connectivity index (χ3n) is 3.20. The first kappa shape index (κ1) is 22.8. The van der Waals surface area contributed by atoms with E-state index in [4.69, 9.17) is 0 Å². The summed E-state index contributed by atoms with van der Waals surface area (Å²) < 4.78 is 28.4. The van der Waals surface area contributed by atoms with E-state index >= 15 is 0 Å². The van der Waals surface area contributed by atoms with Crippen LogP contribution in [-0.2, 0) is 12.1 Å². The molecule has 2 rings (SSSR count). The summed E-state index contributed by atoms with van der Waals surface area (Å²) in [7, 11) is 0. The van der Waals surface area contributed by atoms with Crippen LogP contribution in [0.5, 0.6) is 0 Å². The highest BCUT2D eigenvalue weighted by atomic mass is 19.2. The number of aromatic nitrogens is 6. The minimum absolute atomic E-state index is 1.12. The second-order valence-corrected chi connectivity index (χ2v) is 4.97. The van der Waals surface area contributed by atoms with Crippen LogP contribution in [0.15, 0.2) is 0 Å². The summed E-state index contributed by atoms with van der Waals surface area (Å²) in [5.41, 5.74) is -3.43. The predicted octanol–water partition coefficient (Wildman–Crippen LogP) is -1.47. The normalized spacial score (nSPS) is 11.7. The molecule has 0 bridgehead atoms. The number of rotatable bonds is 9. The number of alkyl halides is 2. The summed E-state index contributed by atoms with van der Waals surface area (Å²) in [6.45, 7) is 0. The fourth-order valence-corrected chi connectivity index (χ4v) is 1.83. The van der Waals surface area contributed by atoms with Crippen molar-refractivity contribution in [2.75, 3.05) is 0 Å². The molecule has 0 aromatic carbocycles. The Balaban J connectivity index is 2.92. The average Bonchev–Trinajstić information content (AvgIpc) is 3.30. The molecule has 0 saturated heterocycles. The van der Waals surface area contributed by atoms with Crippen LogP contribution >= 0.6 is 0 Å². The molecule has 26 heteroatoms. The van der Waals surface area contributed by atoms with E-state index in [9.17, 15) is 69.5 Å². The Bertz CT molecular complexity index is 1080. The minimum atomic E-state index is -5.00. The molecule has 0 aliphatic rings. The van der Waals surface area contributed by atoms with Gasteiger partial charge in [0.1, 0.15) is 0 Å². The second-order valence-electron chi connectivity index (χ2n) is 4.97. The maximum Gasteiger partial charge on any atom is 0.768 e. The molecule has 24 nitrogen and oxygen atoms in total. The quantitative estimate of drug-likeness (QED) is 0.175. The largest absolute Gasteiger partial charge is 0.768 e. The van der Waals surface area contributed by atoms with E-state index in [0.717, 1.165) is 0 Å². The second kappa shape index (κ2) is 7.10. The molecule has 2 heterocycles. The number of nitrogens with zero attached hydrogens (tertiary/aromatic N) is 12. The van der Waals surface area contributed by atoms with E-state index in [-0.39, 0.29) is 0 Å². The van der Waals surface area contributed by atoms with E-state index < -0.39 is 74.2 Å². The van der Waals surface area contributed by atoms with Gasteiger partial charge in [-0.2, -0.15) is 0 Å². The molecule has 0 saturated carbocycles. The van der Waals surface area contributed by atoms with E-state index in [0.29, 0.717) is 0 Å². The van der Waals surface area contributed by atoms with Crippen molar-refractivity contribution in [1.82, 2.24) is 30.0 Å². The zero-order valence-corrected chi connectivity index (χ0v) is 14.0. The predicted molar refractivity (Wildman–Crippen MR) is 78.5 cm³/mol. The molecule has 2 aromatic rings. The van der Waals surface area contributed by atoms with Gasteiger partial charge in [0.15, 0.2) is 19.7 Å². The molecule has 0 spiro atoms. The van der Waals surface area contributed by atoms with Crippen LogP contribution in [0, 0.1) is 60.7 Å². The average molecular weight is 470 g/mol. The van der Waals surface area contributed by atoms with E-state index in [2.05, 4.69) is 20.4 Å². The smallest absolute Gasteiger partial charge is 0.358 e. The van der Waals surface area contributed by atoms with Gasteiger partial charge in [0.25, 0.3) is 0 Å². The van der Waals surface area contributed by atoms with Gasteiger partial charge in [-0.25, -0.2) is 0 Å². The molecule has 170 valence electrons. The van der Waals surface area contributed by atoms with E-state index in [1.807, 2.05) is 0 Å². The molecule has 0 N–H and O–H groups in total. The zero-order valence-electron chi connectivity index (χ0n) is 14.0. The molecule has 0 aliphatic carbocycles. The van der Waals surface area contributed by atoms with Crippen LogP contribution in [0.1, 0.15) is 0 Å². The molecule has 0 radical (unpaired) electrons. The van der Waals surface area contributed by atoms with Crippen molar-refractivity contribution in [3.63, 3.8) is 0 Å². The van der Waals surface area contributed by atoms with Crippen molar-refractivity contribution < 1.29 is 38.3 Å². The van der Waals surface area contributed by atoms with Crippen LogP contribution in [0.2, 0.25) is 0 Å². The molecule has 0 aliphatic heterocycles. The molecular weight excluding hydrogens is 470 g/mol. The number of halogens is 2. The summed E-state index contributed by atoms with van der Waals surface area (Å²) in [5, 5.41) is 75.5. The Hall–Kier alpha value is -5.46. The lowest BCUT2D eigenvalue weighted by Crippen LogP contribution is -2.46. The van der Waals surface area contributed by atoms with Gasteiger partial charge in [-0.1, -0.05) is 8.78 Å². The molecule has 0 amide bonds. The van der Waals surface area contributed by atoms with Gasteiger partial charge >= 0.3 is 23.7 Å². The van der Waals surface area contributed by atoms with Crippen molar-refractivity contribution in [3.05, 3.63) is 60.7 Å². The summed E-state index contributed by atoms with van der Waals surface area (Å²) in [6, 6.07) is -10.0. The van der Waals surface area contributed by atoms with Gasteiger partial charge in [-0.3, -0.25) is 40.5 Å². The molecule has 0 atom stereocenters. The van der Waals surface area contributed by atoms with Crippen molar-refractivity contribution in [2.45, 2.75) is 12.1 Å². The molecule has 2 aromatic heterocycles. The summed E-state index contributed by atoms with van der Waals surface area (Å²) in [4.78, 5) is 50.5. The molecule has 0 fully saturated rings. The van der Waals surface area contributed by atoms with Gasteiger partial charge in [-0.15, -0.1) is 10.2 Å². The molecule has 32 heavy (non-hydrogen) atoms. The monoisotopic (exact) mass is 470 g/mol. The van der Waals surface area contributed by atoms with E-state index in [1.165, 1.54) is 0 Å². The Kier molecular flexibility index (Phi) is 5.07. The highest BCUT2D eigenvalue weighted by molar-refractivity contribution is 5.69. The minimum Gasteiger partial charge on any atom is -0.358 e. The SMILES string of the molecule is O=[N+]([O-])c1nn(C(F)([N+](=O)[O-])[N+](=O)[O-])nc1-c1nn(C(F)([N+](=O)[O-])[N+](=O)[O-])nc1[N+](=O)[O-]. The fraction of sp³-hybridized carbons (Fsp3) is 0.333. The summed E-state index contributed by atoms with van der Waals surface area (Å²) in [6.07, 6.45) is 0. The Labute approximate surface area is 165 Å². The lowest BCUT2D eigenvalue weighted by atomic mass is 10.3. The van der Waals surface area contributed by atoms with Crippen molar-refractivity contribution in [2.24, 2.45) is 0 Å². The van der Waals surface area contributed by atoms with Gasteiger partial charge < -0.3 is 20.2 Å². The van der Waals surface area contributed by atoms with Crippen LogP contribution < -0.4 is 0 Å². The topological polar surface area (TPSA) is 320 Å². The lowest BCUT2D eigenvalue weighted by molar-refractivity contribution is -0.873. The van der Waals surface area contributed by atoms with Crippen LogP contribution in [0.4, 0.5) is 20.4 Å². The number of hydrogen-bond donors (Lipinski definition) is 0. The number of hydrogen-bond acceptors (Lipinski definition) is 16. The maximum absolute atomic E-state index is 14.2. The van der Waals surface area contributed by atoms with Gasteiger partial charge in [0.05, 0.1) is 19.8 Å². The first-order valence-corrected chi connectivity index (χ1v) is 6.80. The first-order chi connectivity index (χ1) is 14.6. The molecule has 0 unspecified atom stereocenters. The highest BCUT2D eigenvalue weighted by Crippen LogP contribution is 2.34. The standard InChI is InChI=1S/C6F2N12O12/c7-5(17(25)26,18(27)28)15-9-1(3(11-15)13(21)22)2-4(14(23)24)12-16(10-2)6(8,19(29)30)20(31)32. The Morgan fingerprint density at radius 3 is 1.00 bits per heavy atom. The fourth-order valence-electron chi connectivity index (χ4n) is 1.83. The van der Waals surface area contributed by atoms with Gasteiger partial charge in [-0.05, 0) is 9.85 Å². The summed E-state index contributed by atoms with van der Waals surface area (Å²) in [5.74, 6) is -3.78. The van der Waals surface area contributed by atoms with Crippen molar-refractivity contribution in [1.29, 1.82) is 0 Å². The van der Waals surface area contributed by atoms with Crippen LogP contribution in [0.3, 0.4) is 0 Å². The summed E-state index contributed by atoms with van der Waals surface area (Å²) >= 11 is 0. The van der Waals surface area contributed by atoms with Gasteiger partial charge in [0, 0.05) is 0 Å². The third kappa shape index (κ3) is 3.07. The maximum atomic E-state index is 14.2. The number of nitro groups is 6. The Morgan fingerprint density at radius 2 is 0.812 bits per heavy atom. The lowest BCUT2D eigenvalue weighted by Gasteiger charge is -2.01. The van der Waals surface area contributed by atoms with Crippen LogP contribution in [-0.4, -0.2) is 59.5 Å². The van der Waals surface area contributed by atoms with Crippen LogP contribution in [0.25, 0.3) is 11.4 Å². The zero-order chi connectivity index (χ0) is 24.8. The van der Waals surface area contributed by atoms with E-state index in [1.54, 1.807) is 0 Å². The Morgan fingerprint density at radius 1 is 0.562 bits per heavy atom. The van der Waals surface area contributed by atoms with Crippen molar-refractivity contribution in [3.8, 4) is 11.4 Å².